The Bertz CT molecular complexity index is 1340. The predicted octanol–water partition coefficient (Wildman–Crippen LogP) is 4.71. The summed E-state index contributed by atoms with van der Waals surface area (Å²) in [6, 6.07) is 20.9. The number of aryl methyl sites for hydroxylation is 1. The maximum absolute atomic E-state index is 11.6. The Kier molecular flexibility index (Phi) is 4.78. The molecule has 2 aromatic heterocycles. The number of nitrogens with one attached hydrogen (secondary N) is 1. The smallest absolute Gasteiger partial charge is 0.314 e. The van der Waals surface area contributed by atoms with Gasteiger partial charge in [0.05, 0.1) is 11.1 Å². The molecule has 0 aliphatic heterocycles. The fraction of sp³-hybridized carbons (Fsp3) is 0.192. The van der Waals surface area contributed by atoms with Gasteiger partial charge in [-0.2, -0.15) is 0 Å². The number of hydrogen-bond donors (Lipinski definition) is 2. The van der Waals surface area contributed by atoms with Crippen LogP contribution in [0.2, 0.25) is 0 Å². The van der Waals surface area contributed by atoms with Crippen LogP contribution in [-0.2, 0) is 16.6 Å². The van der Waals surface area contributed by atoms with E-state index in [-0.39, 0.29) is 5.56 Å². The normalized spacial score (nSPS) is 14.3. The van der Waals surface area contributed by atoms with Crippen molar-refractivity contribution in [3.63, 3.8) is 0 Å². The number of nitrogens with zero attached hydrogens (tertiary/aromatic N) is 1. The zero-order valence-electron chi connectivity index (χ0n) is 17.6. The monoisotopic (exact) mass is 426 g/mol. The van der Waals surface area contributed by atoms with E-state index < -0.39 is 11.4 Å². The van der Waals surface area contributed by atoms with Crippen LogP contribution < -0.4 is 5.56 Å². The van der Waals surface area contributed by atoms with Crippen LogP contribution in [-0.4, -0.2) is 21.2 Å². The second-order valence-electron chi connectivity index (χ2n) is 8.33. The quantitative estimate of drug-likeness (QED) is 0.465. The van der Waals surface area contributed by atoms with E-state index in [1.165, 1.54) is 6.07 Å². The van der Waals surface area contributed by atoms with Gasteiger partial charge in [-0.25, -0.2) is 0 Å². The first-order valence-electron chi connectivity index (χ1n) is 10.5. The molecule has 2 N–H and O–H groups in total. The minimum Gasteiger partial charge on any atom is -0.481 e. The summed E-state index contributed by atoms with van der Waals surface area (Å²) in [6.45, 7) is 1.89. The number of aliphatic carboxylic acids is 1. The summed E-state index contributed by atoms with van der Waals surface area (Å²) < 4.78 is 5.61. The molecule has 6 heteroatoms. The summed E-state index contributed by atoms with van der Waals surface area (Å²) >= 11 is 0. The molecule has 32 heavy (non-hydrogen) atoms. The lowest BCUT2D eigenvalue weighted by atomic mass is 9.93. The molecule has 5 rings (SSSR count). The third kappa shape index (κ3) is 3.54. The molecule has 1 fully saturated rings. The number of hydrogen-bond acceptors (Lipinski definition) is 4. The number of aromatic amines is 1. The van der Waals surface area contributed by atoms with E-state index in [4.69, 9.17) is 4.52 Å². The topological polar surface area (TPSA) is 96.2 Å². The molecule has 0 atom stereocenters. The predicted molar refractivity (Wildman–Crippen MR) is 121 cm³/mol. The van der Waals surface area contributed by atoms with Crippen molar-refractivity contribution in [1.29, 1.82) is 0 Å². The van der Waals surface area contributed by atoms with Gasteiger partial charge in [0.1, 0.15) is 0 Å². The number of rotatable bonds is 6. The Labute approximate surface area is 184 Å². The van der Waals surface area contributed by atoms with Crippen LogP contribution in [0.5, 0.6) is 0 Å². The number of aromatic nitrogens is 2. The van der Waals surface area contributed by atoms with Crippen molar-refractivity contribution in [2.24, 2.45) is 0 Å². The highest BCUT2D eigenvalue weighted by Gasteiger charge is 2.51. The van der Waals surface area contributed by atoms with Gasteiger partial charge in [-0.3, -0.25) is 9.59 Å². The van der Waals surface area contributed by atoms with E-state index in [0.717, 1.165) is 39.2 Å². The molecule has 2 heterocycles. The molecule has 1 saturated carbocycles. The van der Waals surface area contributed by atoms with Crippen molar-refractivity contribution >= 4 is 5.97 Å². The summed E-state index contributed by atoms with van der Waals surface area (Å²) in [5.74, 6) is -0.0569. The summed E-state index contributed by atoms with van der Waals surface area (Å²) in [4.78, 5) is 26.0. The van der Waals surface area contributed by atoms with E-state index in [1.54, 1.807) is 6.07 Å². The lowest BCUT2D eigenvalue weighted by molar-refractivity contribution is -0.140. The van der Waals surface area contributed by atoms with Gasteiger partial charge in [-0.15, -0.1) is 0 Å². The lowest BCUT2D eigenvalue weighted by Crippen LogP contribution is -2.19. The van der Waals surface area contributed by atoms with Gasteiger partial charge in [-0.1, -0.05) is 59.8 Å². The van der Waals surface area contributed by atoms with Crippen molar-refractivity contribution in [2.45, 2.75) is 31.6 Å². The van der Waals surface area contributed by atoms with E-state index in [0.29, 0.717) is 25.0 Å². The van der Waals surface area contributed by atoms with Crippen molar-refractivity contribution in [3.8, 4) is 22.5 Å². The molecule has 4 aromatic rings. The SMILES string of the molecule is Cc1noc(-c2ccc(-c3ccc(C4(C(=O)O)CC4)cc3)cc2)c1Cc1cccc(=O)[nH]1. The first kappa shape index (κ1) is 20.0. The molecule has 2 aromatic carbocycles. The molecule has 6 nitrogen and oxygen atoms in total. The van der Waals surface area contributed by atoms with Crippen LogP contribution in [0.4, 0.5) is 0 Å². The van der Waals surface area contributed by atoms with Crippen LogP contribution >= 0.6 is 0 Å². The molecule has 0 radical (unpaired) electrons. The fourth-order valence-corrected chi connectivity index (χ4v) is 4.16. The maximum Gasteiger partial charge on any atom is 0.314 e. The third-order valence-corrected chi connectivity index (χ3v) is 6.26. The van der Waals surface area contributed by atoms with Gasteiger partial charge in [-0.05, 0) is 42.5 Å². The lowest BCUT2D eigenvalue weighted by Gasteiger charge is -2.11. The molecule has 0 bridgehead atoms. The van der Waals surface area contributed by atoms with Crippen LogP contribution in [0.15, 0.2) is 76.0 Å². The Morgan fingerprint density at radius 2 is 1.62 bits per heavy atom. The third-order valence-electron chi connectivity index (χ3n) is 6.26. The zero-order valence-corrected chi connectivity index (χ0v) is 17.6. The molecule has 0 unspecified atom stereocenters. The number of H-pyrrole nitrogens is 1. The number of benzene rings is 2. The number of pyridine rings is 1. The van der Waals surface area contributed by atoms with Gasteiger partial charge in [0.15, 0.2) is 5.76 Å². The van der Waals surface area contributed by atoms with Crippen molar-refractivity contribution in [1.82, 2.24) is 10.1 Å². The minimum absolute atomic E-state index is 0.135. The first-order valence-corrected chi connectivity index (χ1v) is 10.5. The molecule has 1 aliphatic rings. The average Bonchev–Trinajstić information content (AvgIpc) is 3.54. The standard InChI is InChI=1S/C26H22N2O4/c1-16-22(15-21-3-2-4-23(29)27-21)24(32-28-16)19-7-5-17(6-8-19)18-9-11-20(12-10-18)26(13-14-26)25(30)31/h2-12H,13-15H2,1H3,(H,27,29)(H,30,31). The molecule has 0 saturated heterocycles. The Balaban J connectivity index is 1.40. The molecule has 1 aliphatic carbocycles. The van der Waals surface area contributed by atoms with Gasteiger partial charge in [0.25, 0.3) is 0 Å². The second kappa shape index (κ2) is 7.64. The maximum atomic E-state index is 11.6. The highest BCUT2D eigenvalue weighted by Crippen LogP contribution is 2.48. The number of carbonyl (C=O) groups is 1. The van der Waals surface area contributed by atoms with Crippen LogP contribution in [0.1, 0.15) is 35.4 Å². The minimum atomic E-state index is -0.743. The molecular weight excluding hydrogens is 404 g/mol. The van der Waals surface area contributed by atoms with E-state index in [9.17, 15) is 14.7 Å². The summed E-state index contributed by atoms with van der Waals surface area (Å²) in [5.41, 5.74) is 5.53. The second-order valence-corrected chi connectivity index (χ2v) is 8.33. The highest BCUT2D eigenvalue weighted by atomic mass is 16.5. The van der Waals surface area contributed by atoms with Gasteiger partial charge in [0, 0.05) is 29.3 Å². The zero-order chi connectivity index (χ0) is 22.3. The summed E-state index contributed by atoms with van der Waals surface area (Å²) in [7, 11) is 0. The Hall–Kier alpha value is -3.93. The van der Waals surface area contributed by atoms with Gasteiger partial charge >= 0.3 is 5.97 Å². The first-order chi connectivity index (χ1) is 15.5. The van der Waals surface area contributed by atoms with E-state index >= 15 is 0 Å². The summed E-state index contributed by atoms with van der Waals surface area (Å²) in [6.07, 6.45) is 1.92. The van der Waals surface area contributed by atoms with Crippen molar-refractivity contribution < 1.29 is 14.4 Å². The van der Waals surface area contributed by atoms with Crippen LogP contribution in [0.3, 0.4) is 0 Å². The summed E-state index contributed by atoms with van der Waals surface area (Å²) in [5, 5.41) is 13.6. The van der Waals surface area contributed by atoms with Gasteiger partial charge in [0.2, 0.25) is 5.56 Å². The highest BCUT2D eigenvalue weighted by molar-refractivity contribution is 5.85. The van der Waals surface area contributed by atoms with Crippen molar-refractivity contribution in [2.75, 3.05) is 0 Å². The van der Waals surface area contributed by atoms with E-state index in [2.05, 4.69) is 10.1 Å². The number of carboxylic acid groups (broad SMARTS) is 1. The van der Waals surface area contributed by atoms with Crippen molar-refractivity contribution in [3.05, 3.63) is 99.6 Å². The largest absolute Gasteiger partial charge is 0.481 e. The number of carboxylic acids is 1. The molecular formula is C26H22N2O4. The van der Waals surface area contributed by atoms with Crippen LogP contribution in [0.25, 0.3) is 22.5 Å². The van der Waals surface area contributed by atoms with Crippen LogP contribution in [0, 0.1) is 6.92 Å². The molecule has 160 valence electrons. The Morgan fingerprint density at radius 1 is 1.00 bits per heavy atom. The Morgan fingerprint density at radius 3 is 2.22 bits per heavy atom. The molecule has 0 amide bonds. The van der Waals surface area contributed by atoms with E-state index in [1.807, 2.05) is 61.5 Å². The van der Waals surface area contributed by atoms with Gasteiger partial charge < -0.3 is 14.6 Å². The fourth-order valence-electron chi connectivity index (χ4n) is 4.16. The average molecular weight is 426 g/mol. The molecule has 0 spiro atoms.